The van der Waals surface area contributed by atoms with Crippen LogP contribution >= 0.6 is 11.6 Å². The largest absolute Gasteiger partial charge is 0.310 e. The van der Waals surface area contributed by atoms with Gasteiger partial charge in [0, 0.05) is 37.7 Å². The van der Waals surface area contributed by atoms with Crippen molar-refractivity contribution in [2.75, 3.05) is 19.6 Å². The first-order valence-electron chi connectivity index (χ1n) is 4.86. The minimum atomic E-state index is 0.821. The fourth-order valence-electron chi connectivity index (χ4n) is 1.65. The molecule has 0 atom stereocenters. The Morgan fingerprint density at radius 3 is 3.07 bits per heavy atom. The molecule has 0 saturated carbocycles. The van der Waals surface area contributed by atoms with E-state index in [0.29, 0.717) is 0 Å². The molecule has 1 aliphatic rings. The van der Waals surface area contributed by atoms with E-state index in [4.69, 9.17) is 11.6 Å². The smallest absolute Gasteiger partial charge is 0.0409 e. The highest BCUT2D eigenvalue weighted by atomic mass is 35.5. The fraction of sp³-hybridized carbons (Fsp3) is 0.364. The summed E-state index contributed by atoms with van der Waals surface area (Å²) in [5, 5.41) is 4.04. The molecule has 1 aliphatic heterocycles. The first-order valence-corrected chi connectivity index (χ1v) is 5.24. The van der Waals surface area contributed by atoms with E-state index < -0.39 is 0 Å². The number of halogens is 1. The molecule has 1 N–H and O–H groups in total. The minimum absolute atomic E-state index is 0.821. The van der Waals surface area contributed by atoms with E-state index in [2.05, 4.69) is 22.8 Å². The Kier molecular flexibility index (Phi) is 3.40. The van der Waals surface area contributed by atoms with Gasteiger partial charge in [-0.05, 0) is 17.7 Å². The van der Waals surface area contributed by atoms with Crippen LogP contribution in [0.5, 0.6) is 0 Å². The van der Waals surface area contributed by atoms with Crippen LogP contribution in [0, 0.1) is 6.54 Å². The summed E-state index contributed by atoms with van der Waals surface area (Å²) in [6, 6.07) is 8.07. The van der Waals surface area contributed by atoms with Crippen LogP contribution in [0.1, 0.15) is 5.56 Å². The fourth-order valence-corrected chi connectivity index (χ4v) is 1.86. The molecule has 75 valence electrons. The SMILES string of the molecule is Clc1cccc(CN2C[CH]NCC2)c1. The van der Waals surface area contributed by atoms with Crippen molar-refractivity contribution in [3.05, 3.63) is 41.4 Å². The second-order valence-corrected chi connectivity index (χ2v) is 3.96. The highest BCUT2D eigenvalue weighted by Gasteiger charge is 2.09. The van der Waals surface area contributed by atoms with Crippen molar-refractivity contribution < 1.29 is 0 Å². The quantitative estimate of drug-likeness (QED) is 0.801. The Morgan fingerprint density at radius 1 is 1.43 bits per heavy atom. The Morgan fingerprint density at radius 2 is 2.36 bits per heavy atom. The number of rotatable bonds is 2. The van der Waals surface area contributed by atoms with Crippen LogP contribution in [0.25, 0.3) is 0 Å². The summed E-state index contributed by atoms with van der Waals surface area (Å²) in [6.07, 6.45) is 0. The number of nitrogens with zero attached hydrogens (tertiary/aromatic N) is 1. The van der Waals surface area contributed by atoms with Crippen LogP contribution in [0.15, 0.2) is 24.3 Å². The van der Waals surface area contributed by atoms with Crippen molar-refractivity contribution in [2.45, 2.75) is 6.54 Å². The van der Waals surface area contributed by atoms with Crippen molar-refractivity contribution in [1.29, 1.82) is 0 Å². The lowest BCUT2D eigenvalue weighted by atomic mass is 10.2. The van der Waals surface area contributed by atoms with E-state index >= 15 is 0 Å². The van der Waals surface area contributed by atoms with Crippen LogP contribution < -0.4 is 5.32 Å². The first kappa shape index (κ1) is 9.97. The third-order valence-electron chi connectivity index (χ3n) is 2.36. The lowest BCUT2D eigenvalue weighted by Gasteiger charge is -2.26. The maximum Gasteiger partial charge on any atom is 0.0409 e. The monoisotopic (exact) mass is 209 g/mol. The molecule has 2 nitrogen and oxygen atoms in total. The Bertz CT molecular complexity index is 295. The molecule has 0 bridgehead atoms. The highest BCUT2D eigenvalue weighted by molar-refractivity contribution is 6.30. The molecule has 1 aromatic carbocycles. The normalized spacial score (nSPS) is 18.4. The third kappa shape index (κ3) is 2.71. The number of benzene rings is 1. The van der Waals surface area contributed by atoms with Gasteiger partial charge in [-0.1, -0.05) is 23.7 Å². The Hall–Kier alpha value is -0.570. The standard InChI is InChI=1S/C11H14ClN2/c12-11-3-1-2-10(8-11)9-14-6-4-13-5-7-14/h1-4,8,13H,5-7,9H2. The summed E-state index contributed by atoms with van der Waals surface area (Å²) >= 11 is 5.92. The second kappa shape index (κ2) is 4.78. The summed E-state index contributed by atoms with van der Waals surface area (Å²) in [5.41, 5.74) is 1.28. The molecule has 1 saturated heterocycles. The van der Waals surface area contributed by atoms with Gasteiger partial charge in [0.15, 0.2) is 0 Å². The van der Waals surface area contributed by atoms with E-state index in [-0.39, 0.29) is 0 Å². The van der Waals surface area contributed by atoms with Gasteiger partial charge < -0.3 is 5.32 Å². The summed E-state index contributed by atoms with van der Waals surface area (Å²) in [7, 11) is 0. The van der Waals surface area contributed by atoms with Crippen molar-refractivity contribution in [3.63, 3.8) is 0 Å². The highest BCUT2D eigenvalue weighted by Crippen LogP contribution is 2.13. The summed E-state index contributed by atoms with van der Waals surface area (Å²) in [4.78, 5) is 2.39. The van der Waals surface area contributed by atoms with Crippen LogP contribution in [0.3, 0.4) is 0 Å². The molecule has 0 aromatic heterocycles. The molecular weight excluding hydrogens is 196 g/mol. The van der Waals surface area contributed by atoms with Crippen molar-refractivity contribution >= 4 is 11.6 Å². The maximum atomic E-state index is 5.92. The Balaban J connectivity index is 1.95. The predicted molar refractivity (Wildman–Crippen MR) is 59.0 cm³/mol. The number of hydrogen-bond donors (Lipinski definition) is 1. The van der Waals surface area contributed by atoms with E-state index in [1.807, 2.05) is 18.2 Å². The van der Waals surface area contributed by atoms with E-state index in [1.54, 1.807) is 0 Å². The minimum Gasteiger partial charge on any atom is -0.310 e. The van der Waals surface area contributed by atoms with Gasteiger partial charge in [-0.25, -0.2) is 0 Å². The topological polar surface area (TPSA) is 15.3 Å². The summed E-state index contributed by atoms with van der Waals surface area (Å²) in [6.45, 7) is 6.24. The average molecular weight is 210 g/mol. The molecule has 0 amide bonds. The predicted octanol–water partition coefficient (Wildman–Crippen LogP) is 1.91. The molecule has 1 fully saturated rings. The molecule has 0 spiro atoms. The molecule has 2 rings (SSSR count). The van der Waals surface area contributed by atoms with Gasteiger partial charge in [0.05, 0.1) is 0 Å². The van der Waals surface area contributed by atoms with Crippen molar-refractivity contribution in [3.8, 4) is 0 Å². The molecule has 3 heteroatoms. The van der Waals surface area contributed by atoms with Gasteiger partial charge in [0.1, 0.15) is 0 Å². The van der Waals surface area contributed by atoms with Gasteiger partial charge >= 0.3 is 0 Å². The number of nitrogens with one attached hydrogen (secondary N) is 1. The average Bonchev–Trinajstić information content (AvgIpc) is 2.19. The zero-order valence-electron chi connectivity index (χ0n) is 8.04. The van der Waals surface area contributed by atoms with Crippen LogP contribution in [-0.4, -0.2) is 24.5 Å². The molecule has 1 aromatic rings. The summed E-state index contributed by atoms with van der Waals surface area (Å²) < 4.78 is 0. The lowest BCUT2D eigenvalue weighted by molar-refractivity contribution is 0.255. The van der Waals surface area contributed by atoms with Gasteiger partial charge in [-0.3, -0.25) is 4.90 Å². The molecule has 0 unspecified atom stereocenters. The molecule has 14 heavy (non-hydrogen) atoms. The molecule has 0 aliphatic carbocycles. The number of hydrogen-bond acceptors (Lipinski definition) is 2. The zero-order chi connectivity index (χ0) is 9.80. The van der Waals surface area contributed by atoms with Gasteiger partial charge in [0.2, 0.25) is 0 Å². The van der Waals surface area contributed by atoms with Crippen molar-refractivity contribution in [1.82, 2.24) is 10.2 Å². The summed E-state index contributed by atoms with van der Waals surface area (Å²) in [5.74, 6) is 0. The molecule has 1 heterocycles. The number of piperazine rings is 1. The van der Waals surface area contributed by atoms with Crippen LogP contribution in [0.4, 0.5) is 0 Å². The lowest BCUT2D eigenvalue weighted by Crippen LogP contribution is -2.39. The van der Waals surface area contributed by atoms with E-state index in [1.165, 1.54) is 5.56 Å². The molecular formula is C11H14ClN2. The van der Waals surface area contributed by atoms with E-state index in [0.717, 1.165) is 31.2 Å². The first-order chi connectivity index (χ1) is 6.84. The van der Waals surface area contributed by atoms with Gasteiger partial charge in [-0.2, -0.15) is 0 Å². The zero-order valence-corrected chi connectivity index (χ0v) is 8.80. The van der Waals surface area contributed by atoms with E-state index in [9.17, 15) is 0 Å². The molecule has 1 radical (unpaired) electrons. The second-order valence-electron chi connectivity index (χ2n) is 3.52. The Labute approximate surface area is 89.9 Å². The van der Waals surface area contributed by atoms with Gasteiger partial charge in [0.25, 0.3) is 0 Å². The third-order valence-corrected chi connectivity index (χ3v) is 2.60. The van der Waals surface area contributed by atoms with Crippen molar-refractivity contribution in [2.24, 2.45) is 0 Å². The maximum absolute atomic E-state index is 5.92. The van der Waals surface area contributed by atoms with Crippen LogP contribution in [0.2, 0.25) is 5.02 Å². The van der Waals surface area contributed by atoms with Crippen LogP contribution in [-0.2, 0) is 6.54 Å². The van der Waals surface area contributed by atoms with Gasteiger partial charge in [-0.15, -0.1) is 0 Å².